The lowest BCUT2D eigenvalue weighted by atomic mass is 10.1. The van der Waals surface area contributed by atoms with Gasteiger partial charge in [-0.15, -0.1) is 0 Å². The fraction of sp³-hybridized carbons (Fsp3) is 0.105. The fourth-order valence-corrected chi connectivity index (χ4v) is 2.50. The van der Waals surface area contributed by atoms with Gasteiger partial charge >= 0.3 is 0 Å². The molecule has 2 N–H and O–H groups in total. The summed E-state index contributed by atoms with van der Waals surface area (Å²) in [7, 11) is 0. The topological polar surface area (TPSA) is 82.0 Å². The quantitative estimate of drug-likeness (QED) is 0.707. The Balaban J connectivity index is 1.84. The van der Waals surface area contributed by atoms with Crippen LogP contribution >= 0.6 is 0 Å². The zero-order chi connectivity index (χ0) is 17.1. The molecular formula is C19H15N3O2. The maximum atomic E-state index is 11.9. The van der Waals surface area contributed by atoms with Gasteiger partial charge in [0.2, 0.25) is 0 Å². The molecule has 3 rings (SSSR count). The molecule has 3 aromatic rings. The lowest BCUT2D eigenvalue weighted by Gasteiger charge is -2.20. The average molecular weight is 317 g/mol. The lowest BCUT2D eigenvalue weighted by molar-refractivity contribution is 0.880. The van der Waals surface area contributed by atoms with Crippen molar-refractivity contribution in [3.63, 3.8) is 0 Å². The van der Waals surface area contributed by atoms with Crippen molar-refractivity contribution in [1.29, 1.82) is 5.26 Å². The molecule has 0 aliphatic heterocycles. The predicted molar refractivity (Wildman–Crippen MR) is 94.3 cm³/mol. The first-order chi connectivity index (χ1) is 11.6. The highest BCUT2D eigenvalue weighted by molar-refractivity contribution is 5.79. The number of hydrogen-bond acceptors (Lipinski definition) is 5. The molecule has 24 heavy (non-hydrogen) atoms. The van der Waals surface area contributed by atoms with E-state index in [0.717, 1.165) is 5.56 Å². The van der Waals surface area contributed by atoms with Crippen LogP contribution in [-0.2, 0) is 0 Å². The number of benzene rings is 2. The summed E-state index contributed by atoms with van der Waals surface area (Å²) in [6, 6.07) is 18.3. The summed E-state index contributed by atoms with van der Waals surface area (Å²) in [4.78, 5) is 23.8. The molecule has 0 radical (unpaired) electrons. The number of nitrogens with zero attached hydrogens (tertiary/aromatic N) is 1. The Hall–Kier alpha value is -3.39. The summed E-state index contributed by atoms with van der Waals surface area (Å²) in [6.07, 6.45) is 0. The van der Waals surface area contributed by atoms with Crippen LogP contribution in [0.25, 0.3) is 0 Å². The van der Waals surface area contributed by atoms with Gasteiger partial charge in [0.1, 0.15) is 11.4 Å². The van der Waals surface area contributed by atoms with Gasteiger partial charge in [0.05, 0.1) is 11.6 Å². The van der Waals surface area contributed by atoms with Crippen molar-refractivity contribution >= 4 is 17.1 Å². The number of hydrogen-bond donors (Lipinski definition) is 2. The van der Waals surface area contributed by atoms with Gasteiger partial charge in [-0.2, -0.15) is 5.26 Å². The molecule has 0 amide bonds. The Labute approximate surface area is 138 Å². The Kier molecular flexibility index (Phi) is 4.13. The van der Waals surface area contributed by atoms with E-state index >= 15 is 0 Å². The molecule has 0 bridgehead atoms. The van der Waals surface area contributed by atoms with E-state index in [4.69, 9.17) is 5.26 Å². The minimum absolute atomic E-state index is 0.111. The molecule has 0 heterocycles. The third-order valence-electron chi connectivity index (χ3n) is 3.83. The number of nitriles is 1. The summed E-state index contributed by atoms with van der Waals surface area (Å²) in [5, 5.41) is 15.0. The first kappa shape index (κ1) is 15.5. The van der Waals surface area contributed by atoms with Gasteiger partial charge in [-0.1, -0.05) is 36.4 Å². The minimum Gasteiger partial charge on any atom is -0.373 e. The molecule has 0 aliphatic carbocycles. The molecule has 1 atom stereocenters. The maximum absolute atomic E-state index is 11.9. The molecule has 0 aliphatic rings. The molecule has 0 saturated carbocycles. The van der Waals surface area contributed by atoms with E-state index < -0.39 is 10.9 Å². The van der Waals surface area contributed by atoms with Crippen LogP contribution in [0.3, 0.4) is 0 Å². The van der Waals surface area contributed by atoms with Gasteiger partial charge < -0.3 is 10.6 Å². The normalized spacial score (nSPS) is 11.7. The first-order valence-electron chi connectivity index (χ1n) is 7.52. The van der Waals surface area contributed by atoms with Crippen molar-refractivity contribution in [2.24, 2.45) is 0 Å². The van der Waals surface area contributed by atoms with Crippen molar-refractivity contribution in [3.05, 3.63) is 86.2 Å². The summed E-state index contributed by atoms with van der Waals surface area (Å²) in [6.45, 7) is 1.92. The van der Waals surface area contributed by atoms with Gasteiger partial charge in [0, 0.05) is 11.7 Å². The fourth-order valence-electron chi connectivity index (χ4n) is 2.50. The Morgan fingerprint density at radius 1 is 0.958 bits per heavy atom. The van der Waals surface area contributed by atoms with Gasteiger partial charge in [-0.25, -0.2) is 0 Å². The van der Waals surface area contributed by atoms with E-state index in [2.05, 4.69) is 10.6 Å². The average Bonchev–Trinajstić information content (AvgIpc) is 2.64. The second-order valence-electron chi connectivity index (χ2n) is 5.50. The van der Waals surface area contributed by atoms with Gasteiger partial charge in [0.15, 0.2) is 0 Å². The Morgan fingerprint density at radius 3 is 2.38 bits per heavy atom. The van der Waals surface area contributed by atoms with Crippen LogP contribution in [0, 0.1) is 11.3 Å². The second-order valence-corrected chi connectivity index (χ2v) is 5.50. The lowest BCUT2D eigenvalue weighted by Crippen LogP contribution is -2.37. The van der Waals surface area contributed by atoms with E-state index in [1.165, 1.54) is 0 Å². The molecule has 0 fully saturated rings. The molecule has 5 nitrogen and oxygen atoms in total. The maximum Gasteiger partial charge on any atom is 0.253 e. The highest BCUT2D eigenvalue weighted by Gasteiger charge is 2.22. The van der Waals surface area contributed by atoms with Gasteiger partial charge in [-0.3, -0.25) is 9.59 Å². The predicted octanol–water partition coefficient (Wildman–Crippen LogP) is 3.07. The van der Waals surface area contributed by atoms with Crippen LogP contribution in [0.2, 0.25) is 0 Å². The summed E-state index contributed by atoms with van der Waals surface area (Å²) < 4.78 is 0. The van der Waals surface area contributed by atoms with E-state index in [1.807, 2.05) is 43.3 Å². The van der Waals surface area contributed by atoms with Crippen molar-refractivity contribution < 1.29 is 0 Å². The largest absolute Gasteiger partial charge is 0.373 e. The zero-order valence-corrected chi connectivity index (χ0v) is 13.0. The van der Waals surface area contributed by atoms with Gasteiger partial charge in [0.25, 0.3) is 10.9 Å². The molecule has 3 aromatic carbocycles. The minimum atomic E-state index is -0.555. The van der Waals surface area contributed by atoms with Crippen LogP contribution in [0.5, 0.6) is 0 Å². The molecule has 0 spiro atoms. The van der Waals surface area contributed by atoms with Crippen LogP contribution in [0.4, 0.5) is 17.1 Å². The third-order valence-corrected chi connectivity index (χ3v) is 3.83. The standard InChI is InChI=1S/C19H15N3O2/c1-12(14-7-3-2-4-8-14)21-16-17(19(24)18(16)23)22-15-9-5-6-13(10-15)11-20/h2-10,12,21-22H,1H3/t12-/m1/s1. The van der Waals surface area contributed by atoms with E-state index in [0.29, 0.717) is 11.3 Å². The van der Waals surface area contributed by atoms with Crippen molar-refractivity contribution in [3.8, 4) is 6.07 Å². The SMILES string of the molecule is C[C@@H](Nc1c(Nc2cccc(C#N)c2)c(=O)c1=O)c1ccccc1. The third kappa shape index (κ3) is 2.90. The van der Waals surface area contributed by atoms with Crippen LogP contribution < -0.4 is 21.5 Å². The summed E-state index contributed by atoms with van der Waals surface area (Å²) in [5.74, 6) is 0. The number of nitrogens with one attached hydrogen (secondary N) is 2. The molecule has 0 unspecified atom stereocenters. The van der Waals surface area contributed by atoms with Crippen LogP contribution in [0.15, 0.2) is 64.2 Å². The van der Waals surface area contributed by atoms with Crippen molar-refractivity contribution in [1.82, 2.24) is 0 Å². The molecule has 0 saturated heterocycles. The van der Waals surface area contributed by atoms with E-state index in [9.17, 15) is 9.59 Å². The zero-order valence-electron chi connectivity index (χ0n) is 13.0. The van der Waals surface area contributed by atoms with E-state index in [-0.39, 0.29) is 17.4 Å². The van der Waals surface area contributed by atoms with Crippen molar-refractivity contribution in [2.45, 2.75) is 13.0 Å². The van der Waals surface area contributed by atoms with Crippen LogP contribution in [-0.4, -0.2) is 0 Å². The first-order valence-corrected chi connectivity index (χ1v) is 7.52. The monoisotopic (exact) mass is 317 g/mol. The van der Waals surface area contributed by atoms with E-state index in [1.54, 1.807) is 24.3 Å². The summed E-state index contributed by atoms with van der Waals surface area (Å²) in [5.41, 5.74) is 1.51. The highest BCUT2D eigenvalue weighted by atomic mass is 16.2. The van der Waals surface area contributed by atoms with Crippen LogP contribution in [0.1, 0.15) is 24.1 Å². The number of anilines is 3. The molecule has 0 aromatic heterocycles. The molecular weight excluding hydrogens is 302 g/mol. The van der Waals surface area contributed by atoms with Gasteiger partial charge in [-0.05, 0) is 30.7 Å². The number of rotatable bonds is 5. The van der Waals surface area contributed by atoms with Crippen molar-refractivity contribution in [2.75, 3.05) is 10.6 Å². The Bertz CT molecular complexity index is 980. The Morgan fingerprint density at radius 2 is 1.67 bits per heavy atom. The highest BCUT2D eigenvalue weighted by Crippen LogP contribution is 2.25. The smallest absolute Gasteiger partial charge is 0.253 e. The summed E-state index contributed by atoms with van der Waals surface area (Å²) >= 11 is 0. The molecule has 5 heteroatoms. The molecule has 118 valence electrons. The second kappa shape index (κ2) is 6.39.